The largest absolute Gasteiger partial charge is 0.326 e. The molecule has 1 aromatic carbocycles. The van der Waals surface area contributed by atoms with Gasteiger partial charge in [0.25, 0.3) is 0 Å². The van der Waals surface area contributed by atoms with E-state index in [1.807, 2.05) is 20.8 Å². The molecular formula is C13H21ClN2O2S. The Morgan fingerprint density at radius 2 is 2.00 bits per heavy atom. The molecule has 4 nitrogen and oxygen atoms in total. The summed E-state index contributed by atoms with van der Waals surface area (Å²) in [6.07, 6.45) is 0. The summed E-state index contributed by atoms with van der Waals surface area (Å²) in [6.45, 7) is 7.03. The van der Waals surface area contributed by atoms with Gasteiger partial charge in [-0.05, 0) is 23.6 Å². The third kappa shape index (κ3) is 3.92. The van der Waals surface area contributed by atoms with Crippen LogP contribution in [0.15, 0.2) is 23.1 Å². The normalized spacial score (nSPS) is 12.4. The molecule has 0 heterocycles. The molecule has 0 unspecified atom stereocenters. The first-order valence-electron chi connectivity index (χ1n) is 6.31. The highest BCUT2D eigenvalue weighted by Gasteiger charge is 2.26. The van der Waals surface area contributed by atoms with Crippen LogP contribution in [0.25, 0.3) is 0 Å². The van der Waals surface area contributed by atoms with E-state index in [4.69, 9.17) is 17.3 Å². The molecule has 0 aromatic heterocycles. The summed E-state index contributed by atoms with van der Waals surface area (Å²) in [7, 11) is -3.54. The minimum absolute atomic E-state index is 0.147. The molecule has 0 saturated heterocycles. The van der Waals surface area contributed by atoms with Crippen LogP contribution in [0.5, 0.6) is 0 Å². The number of sulfonamides is 1. The first kappa shape index (κ1) is 16.4. The summed E-state index contributed by atoms with van der Waals surface area (Å²) in [5.74, 6) is 0.261. The summed E-state index contributed by atoms with van der Waals surface area (Å²) < 4.78 is 26.5. The molecule has 0 saturated carbocycles. The SMILES string of the molecule is CCN(CC(C)C)S(=O)(=O)c1ccc(CN)cc1Cl. The second kappa shape index (κ2) is 6.70. The highest BCUT2D eigenvalue weighted by Crippen LogP contribution is 2.26. The van der Waals surface area contributed by atoms with Gasteiger partial charge in [-0.15, -0.1) is 0 Å². The molecule has 0 amide bonds. The zero-order valence-electron chi connectivity index (χ0n) is 11.6. The van der Waals surface area contributed by atoms with Crippen LogP contribution in [-0.4, -0.2) is 25.8 Å². The van der Waals surface area contributed by atoms with Crippen LogP contribution in [-0.2, 0) is 16.6 Å². The lowest BCUT2D eigenvalue weighted by atomic mass is 10.2. The molecule has 0 aliphatic carbocycles. The van der Waals surface area contributed by atoms with E-state index in [2.05, 4.69) is 0 Å². The molecule has 19 heavy (non-hydrogen) atoms. The fourth-order valence-electron chi connectivity index (χ4n) is 1.82. The minimum atomic E-state index is -3.54. The van der Waals surface area contributed by atoms with E-state index >= 15 is 0 Å². The van der Waals surface area contributed by atoms with Gasteiger partial charge in [-0.1, -0.05) is 38.4 Å². The molecule has 108 valence electrons. The van der Waals surface area contributed by atoms with Crippen molar-refractivity contribution in [3.8, 4) is 0 Å². The van der Waals surface area contributed by atoms with Crippen LogP contribution in [0.3, 0.4) is 0 Å². The van der Waals surface area contributed by atoms with Gasteiger partial charge in [0, 0.05) is 19.6 Å². The predicted molar refractivity (Wildman–Crippen MR) is 78.6 cm³/mol. The zero-order valence-corrected chi connectivity index (χ0v) is 13.1. The van der Waals surface area contributed by atoms with Crippen molar-refractivity contribution in [1.82, 2.24) is 4.31 Å². The fourth-order valence-corrected chi connectivity index (χ4v) is 3.98. The van der Waals surface area contributed by atoms with Gasteiger partial charge in [-0.25, -0.2) is 8.42 Å². The molecule has 0 aliphatic heterocycles. The molecule has 1 rings (SSSR count). The Hall–Kier alpha value is -0.620. The van der Waals surface area contributed by atoms with E-state index in [9.17, 15) is 8.42 Å². The number of nitrogens with zero attached hydrogens (tertiary/aromatic N) is 1. The zero-order chi connectivity index (χ0) is 14.6. The van der Waals surface area contributed by atoms with E-state index in [0.29, 0.717) is 19.6 Å². The third-order valence-electron chi connectivity index (χ3n) is 2.77. The van der Waals surface area contributed by atoms with E-state index in [0.717, 1.165) is 5.56 Å². The average molecular weight is 305 g/mol. The minimum Gasteiger partial charge on any atom is -0.326 e. The van der Waals surface area contributed by atoms with Crippen LogP contribution in [0, 0.1) is 5.92 Å². The summed E-state index contributed by atoms with van der Waals surface area (Å²) in [5.41, 5.74) is 6.33. The quantitative estimate of drug-likeness (QED) is 0.878. The molecule has 1 aromatic rings. The van der Waals surface area contributed by atoms with Crippen LogP contribution < -0.4 is 5.73 Å². The third-order valence-corrected chi connectivity index (χ3v) is 5.19. The van der Waals surface area contributed by atoms with Gasteiger partial charge in [0.05, 0.1) is 5.02 Å². The molecule has 6 heteroatoms. The van der Waals surface area contributed by atoms with Crippen molar-refractivity contribution in [2.75, 3.05) is 13.1 Å². The first-order chi connectivity index (χ1) is 8.82. The molecule has 2 N–H and O–H groups in total. The van der Waals surface area contributed by atoms with E-state index in [-0.39, 0.29) is 15.8 Å². The average Bonchev–Trinajstić information content (AvgIpc) is 2.34. The molecular weight excluding hydrogens is 284 g/mol. The Kier molecular flexibility index (Phi) is 5.80. The maximum atomic E-state index is 12.5. The Morgan fingerprint density at radius 3 is 2.42 bits per heavy atom. The van der Waals surface area contributed by atoms with Crippen molar-refractivity contribution >= 4 is 21.6 Å². The van der Waals surface area contributed by atoms with Gasteiger partial charge in [0.2, 0.25) is 10.0 Å². The van der Waals surface area contributed by atoms with Gasteiger partial charge < -0.3 is 5.73 Å². The topological polar surface area (TPSA) is 63.4 Å². The van der Waals surface area contributed by atoms with Crippen molar-refractivity contribution in [3.05, 3.63) is 28.8 Å². The lowest BCUT2D eigenvalue weighted by Gasteiger charge is -2.23. The predicted octanol–water partition coefficient (Wildman–Crippen LogP) is 2.47. The Bertz CT molecular complexity index is 529. The molecule has 0 spiro atoms. The van der Waals surface area contributed by atoms with Crippen molar-refractivity contribution in [2.24, 2.45) is 11.7 Å². The number of rotatable bonds is 6. The number of benzene rings is 1. The van der Waals surface area contributed by atoms with Gasteiger partial charge in [0.15, 0.2) is 0 Å². The highest BCUT2D eigenvalue weighted by molar-refractivity contribution is 7.89. The molecule has 0 bridgehead atoms. The van der Waals surface area contributed by atoms with E-state index < -0.39 is 10.0 Å². The highest BCUT2D eigenvalue weighted by atomic mass is 35.5. The van der Waals surface area contributed by atoms with Gasteiger partial charge in [0.1, 0.15) is 4.90 Å². The van der Waals surface area contributed by atoms with E-state index in [1.165, 1.54) is 10.4 Å². The maximum Gasteiger partial charge on any atom is 0.244 e. The molecule has 0 radical (unpaired) electrons. The van der Waals surface area contributed by atoms with Gasteiger partial charge in [-0.2, -0.15) is 4.31 Å². The molecule has 0 fully saturated rings. The fraction of sp³-hybridized carbons (Fsp3) is 0.538. The second-order valence-corrected chi connectivity index (χ2v) is 7.13. The van der Waals surface area contributed by atoms with Crippen molar-refractivity contribution < 1.29 is 8.42 Å². The standard InChI is InChI=1S/C13H21ClN2O2S/c1-4-16(9-10(2)3)19(17,18)13-6-5-11(8-15)7-12(13)14/h5-7,10H,4,8-9,15H2,1-3H3. The Balaban J connectivity index is 3.18. The summed E-state index contributed by atoms with van der Waals surface area (Å²) in [4.78, 5) is 0.147. The second-order valence-electron chi connectivity index (χ2n) is 4.82. The van der Waals surface area contributed by atoms with Gasteiger partial charge in [-0.3, -0.25) is 0 Å². The monoisotopic (exact) mass is 304 g/mol. The Labute approximate surface area is 120 Å². The molecule has 0 aliphatic rings. The number of hydrogen-bond acceptors (Lipinski definition) is 3. The summed E-state index contributed by atoms with van der Waals surface area (Å²) in [5, 5.41) is 0.227. The van der Waals surface area contributed by atoms with Crippen molar-refractivity contribution in [3.63, 3.8) is 0 Å². The molecule has 0 atom stereocenters. The van der Waals surface area contributed by atoms with Crippen molar-refractivity contribution in [2.45, 2.75) is 32.2 Å². The number of nitrogens with two attached hydrogens (primary N) is 1. The van der Waals surface area contributed by atoms with Crippen molar-refractivity contribution in [1.29, 1.82) is 0 Å². The Morgan fingerprint density at radius 1 is 1.37 bits per heavy atom. The van der Waals surface area contributed by atoms with Crippen LogP contribution in [0.2, 0.25) is 5.02 Å². The van der Waals surface area contributed by atoms with Gasteiger partial charge >= 0.3 is 0 Å². The number of hydrogen-bond donors (Lipinski definition) is 1. The van der Waals surface area contributed by atoms with Crippen LogP contribution in [0.4, 0.5) is 0 Å². The number of halogens is 1. The van der Waals surface area contributed by atoms with Crippen LogP contribution >= 0.6 is 11.6 Å². The smallest absolute Gasteiger partial charge is 0.244 e. The summed E-state index contributed by atoms with van der Waals surface area (Å²) in [6, 6.07) is 4.84. The van der Waals surface area contributed by atoms with Crippen LogP contribution in [0.1, 0.15) is 26.3 Å². The maximum absolute atomic E-state index is 12.5. The van der Waals surface area contributed by atoms with E-state index in [1.54, 1.807) is 12.1 Å². The lowest BCUT2D eigenvalue weighted by Crippen LogP contribution is -2.34. The summed E-state index contributed by atoms with van der Waals surface area (Å²) >= 11 is 6.07. The lowest BCUT2D eigenvalue weighted by molar-refractivity contribution is 0.381. The first-order valence-corrected chi connectivity index (χ1v) is 8.13.